The Morgan fingerprint density at radius 2 is 1.79 bits per heavy atom. The third kappa shape index (κ3) is 2.83. The third-order valence-electron chi connectivity index (χ3n) is 5.95. The van der Waals surface area contributed by atoms with E-state index in [2.05, 4.69) is 10.2 Å². The fourth-order valence-corrected chi connectivity index (χ4v) is 6.18. The van der Waals surface area contributed by atoms with Gasteiger partial charge < -0.3 is 5.32 Å². The highest BCUT2D eigenvalue weighted by Gasteiger charge is 2.52. The van der Waals surface area contributed by atoms with E-state index in [0.29, 0.717) is 12.5 Å². The molecule has 0 bridgehead atoms. The van der Waals surface area contributed by atoms with Crippen molar-refractivity contribution in [1.29, 1.82) is 0 Å². The highest BCUT2D eigenvalue weighted by atomic mass is 32.2. The molecule has 4 rings (SSSR count). The summed E-state index contributed by atoms with van der Waals surface area (Å²) >= 11 is 0. The van der Waals surface area contributed by atoms with Gasteiger partial charge in [0.1, 0.15) is 5.54 Å². The van der Waals surface area contributed by atoms with Crippen molar-refractivity contribution < 1.29 is 18.0 Å². The molecular formula is C16H25N3O4S. The molecule has 8 heteroatoms. The predicted octanol–water partition coefficient (Wildman–Crippen LogP) is 0.850. The van der Waals surface area contributed by atoms with Crippen molar-refractivity contribution in [3.63, 3.8) is 0 Å². The zero-order chi connectivity index (χ0) is 16.9. The lowest BCUT2D eigenvalue weighted by Gasteiger charge is -2.33. The largest absolute Gasteiger partial charge is 0.326 e. The van der Waals surface area contributed by atoms with E-state index in [9.17, 15) is 18.0 Å². The van der Waals surface area contributed by atoms with Crippen LogP contribution in [-0.2, 0) is 14.6 Å². The van der Waals surface area contributed by atoms with Crippen LogP contribution in [0.4, 0.5) is 4.79 Å². The number of sulfone groups is 1. The smallest absolute Gasteiger partial charge is 0.323 e. The summed E-state index contributed by atoms with van der Waals surface area (Å²) in [7, 11) is -2.98. The number of urea groups is 1. The minimum Gasteiger partial charge on any atom is -0.323 e. The van der Waals surface area contributed by atoms with Gasteiger partial charge in [0.05, 0.1) is 18.2 Å². The number of amides is 3. The standard InChI is InChI=1S/C16H25N3O4S/c20-14-16(7-2-1-3-8-16)17-15(21)19(14)11-18(12-4-5-12)13-6-9-24(22,23)10-13/h12-13H,1-11H2,(H,17,21)/t13-/m1/s1. The molecule has 2 aliphatic carbocycles. The van der Waals surface area contributed by atoms with Crippen LogP contribution in [0.15, 0.2) is 0 Å². The fourth-order valence-electron chi connectivity index (χ4n) is 4.43. The summed E-state index contributed by atoms with van der Waals surface area (Å²) in [6.45, 7) is 0.233. The average Bonchev–Trinajstić information content (AvgIpc) is 3.27. The Hall–Kier alpha value is -1.15. The lowest BCUT2D eigenvalue weighted by molar-refractivity contribution is -0.134. The SMILES string of the molecule is O=C1NC2(CCCCC2)C(=O)N1CN(C1CC1)[C@@H]1CCS(=O)(=O)C1. The van der Waals surface area contributed by atoms with Gasteiger partial charge in [-0.2, -0.15) is 0 Å². The second-order valence-corrected chi connectivity index (χ2v) is 9.98. The second-order valence-electron chi connectivity index (χ2n) is 7.75. The highest BCUT2D eigenvalue weighted by molar-refractivity contribution is 7.91. The van der Waals surface area contributed by atoms with E-state index < -0.39 is 15.4 Å². The Kier molecular flexibility index (Phi) is 3.87. The maximum Gasteiger partial charge on any atom is 0.326 e. The summed E-state index contributed by atoms with van der Waals surface area (Å²) in [5.41, 5.74) is -0.702. The number of hydrogen-bond acceptors (Lipinski definition) is 5. The fraction of sp³-hybridized carbons (Fsp3) is 0.875. The molecule has 24 heavy (non-hydrogen) atoms. The van der Waals surface area contributed by atoms with Crippen LogP contribution < -0.4 is 5.32 Å². The Labute approximate surface area is 142 Å². The van der Waals surface area contributed by atoms with Gasteiger partial charge in [-0.05, 0) is 32.1 Å². The van der Waals surface area contributed by atoms with Crippen molar-refractivity contribution in [3.8, 4) is 0 Å². The number of carbonyl (C=O) groups is 2. The molecule has 0 aromatic rings. The van der Waals surface area contributed by atoms with E-state index in [0.717, 1.165) is 44.9 Å². The van der Waals surface area contributed by atoms with Crippen LogP contribution in [0, 0.1) is 0 Å². The zero-order valence-corrected chi connectivity index (χ0v) is 14.7. The van der Waals surface area contributed by atoms with E-state index in [-0.39, 0.29) is 36.2 Å². The van der Waals surface area contributed by atoms with Gasteiger partial charge in [-0.15, -0.1) is 0 Å². The molecular weight excluding hydrogens is 330 g/mol. The molecule has 0 aromatic carbocycles. The molecule has 2 heterocycles. The van der Waals surface area contributed by atoms with E-state index in [4.69, 9.17) is 0 Å². The Morgan fingerprint density at radius 1 is 1.08 bits per heavy atom. The van der Waals surface area contributed by atoms with Gasteiger partial charge in [-0.25, -0.2) is 18.1 Å². The van der Waals surface area contributed by atoms with Crippen molar-refractivity contribution in [1.82, 2.24) is 15.1 Å². The number of imide groups is 1. The van der Waals surface area contributed by atoms with Crippen molar-refractivity contribution >= 4 is 21.8 Å². The minimum absolute atomic E-state index is 0.0639. The van der Waals surface area contributed by atoms with Crippen molar-refractivity contribution in [2.75, 3.05) is 18.2 Å². The van der Waals surface area contributed by atoms with Crippen molar-refractivity contribution in [3.05, 3.63) is 0 Å². The summed E-state index contributed by atoms with van der Waals surface area (Å²) in [6, 6.07) is -0.0637. The molecule has 1 N–H and O–H groups in total. The molecule has 1 spiro atoms. The van der Waals surface area contributed by atoms with Crippen molar-refractivity contribution in [2.45, 2.75) is 69.0 Å². The number of nitrogens with zero attached hydrogens (tertiary/aromatic N) is 2. The first-order valence-electron chi connectivity index (χ1n) is 9.01. The van der Waals surface area contributed by atoms with Gasteiger partial charge in [0, 0.05) is 12.1 Å². The monoisotopic (exact) mass is 355 g/mol. The topological polar surface area (TPSA) is 86.8 Å². The zero-order valence-electron chi connectivity index (χ0n) is 13.9. The molecule has 134 valence electrons. The van der Waals surface area contributed by atoms with Crippen LogP contribution in [0.3, 0.4) is 0 Å². The quantitative estimate of drug-likeness (QED) is 0.756. The Morgan fingerprint density at radius 3 is 2.38 bits per heavy atom. The lowest BCUT2D eigenvalue weighted by atomic mass is 9.82. The van der Waals surface area contributed by atoms with E-state index in [1.807, 2.05) is 0 Å². The molecule has 0 unspecified atom stereocenters. The first-order valence-corrected chi connectivity index (χ1v) is 10.8. The number of rotatable bonds is 4. The van der Waals surface area contributed by atoms with E-state index >= 15 is 0 Å². The highest BCUT2D eigenvalue weighted by Crippen LogP contribution is 2.36. The normalized spacial score (nSPS) is 31.9. The molecule has 7 nitrogen and oxygen atoms in total. The van der Waals surface area contributed by atoms with Gasteiger partial charge in [0.25, 0.3) is 5.91 Å². The number of carbonyl (C=O) groups excluding carboxylic acids is 2. The van der Waals surface area contributed by atoms with Crippen LogP contribution in [0.2, 0.25) is 0 Å². The van der Waals surface area contributed by atoms with Crippen LogP contribution in [0.5, 0.6) is 0 Å². The van der Waals surface area contributed by atoms with Crippen molar-refractivity contribution in [2.24, 2.45) is 0 Å². The summed E-state index contributed by atoms with van der Waals surface area (Å²) in [4.78, 5) is 28.8. The average molecular weight is 355 g/mol. The van der Waals surface area contributed by atoms with Crippen LogP contribution >= 0.6 is 0 Å². The first kappa shape index (κ1) is 16.3. The third-order valence-corrected chi connectivity index (χ3v) is 7.70. The maximum absolute atomic E-state index is 12.9. The van der Waals surface area contributed by atoms with E-state index in [1.54, 1.807) is 0 Å². The molecule has 4 fully saturated rings. The molecule has 4 aliphatic rings. The molecule has 2 saturated heterocycles. The van der Waals surface area contributed by atoms with Gasteiger partial charge in [-0.3, -0.25) is 9.69 Å². The lowest BCUT2D eigenvalue weighted by Crippen LogP contribution is -2.50. The molecule has 0 aromatic heterocycles. The van der Waals surface area contributed by atoms with Gasteiger partial charge in [0.15, 0.2) is 9.84 Å². The van der Waals surface area contributed by atoms with Gasteiger partial charge >= 0.3 is 6.03 Å². The molecule has 3 amide bonds. The maximum atomic E-state index is 12.9. The van der Waals surface area contributed by atoms with E-state index in [1.165, 1.54) is 4.90 Å². The van der Waals surface area contributed by atoms with Gasteiger partial charge in [0.2, 0.25) is 0 Å². The molecule has 2 saturated carbocycles. The number of hydrogen-bond donors (Lipinski definition) is 1. The van der Waals surface area contributed by atoms with Crippen LogP contribution in [0.1, 0.15) is 51.4 Å². The second kappa shape index (κ2) is 5.69. The van der Waals surface area contributed by atoms with Crippen LogP contribution in [0.25, 0.3) is 0 Å². The van der Waals surface area contributed by atoms with Crippen LogP contribution in [-0.4, -0.2) is 66.0 Å². The summed E-state index contributed by atoms with van der Waals surface area (Å²) < 4.78 is 23.6. The molecule has 1 atom stereocenters. The molecule has 0 radical (unpaired) electrons. The summed E-state index contributed by atoms with van der Waals surface area (Å²) in [6.07, 6.45) is 7.12. The Bertz CT molecular complexity index is 652. The number of nitrogens with one attached hydrogen (secondary N) is 1. The first-order chi connectivity index (χ1) is 11.4. The Balaban J connectivity index is 1.50. The summed E-state index contributed by atoms with van der Waals surface area (Å²) in [5, 5.41) is 2.93. The minimum atomic E-state index is -2.98. The molecule has 2 aliphatic heterocycles. The van der Waals surface area contributed by atoms with Gasteiger partial charge in [-0.1, -0.05) is 19.3 Å². The summed E-state index contributed by atoms with van der Waals surface area (Å²) in [5.74, 6) is 0.252. The predicted molar refractivity (Wildman–Crippen MR) is 88.0 cm³/mol.